The van der Waals surface area contributed by atoms with E-state index in [1.165, 1.54) is 0 Å². The Morgan fingerprint density at radius 2 is 1.68 bits per heavy atom. The molecule has 0 N–H and O–H groups in total. The molecular weight excluding hydrogens is 540 g/mol. The quantitative estimate of drug-likeness (QED) is 0.359. The summed E-state index contributed by atoms with van der Waals surface area (Å²) >= 11 is 0. The van der Waals surface area contributed by atoms with Crippen molar-refractivity contribution in [1.82, 2.24) is 9.21 Å². The van der Waals surface area contributed by atoms with Gasteiger partial charge in [-0.3, -0.25) is 4.79 Å². The highest BCUT2D eigenvalue weighted by Crippen LogP contribution is 2.36. The summed E-state index contributed by atoms with van der Waals surface area (Å²) in [6.45, 7) is 5.19. The zero-order valence-corrected chi connectivity index (χ0v) is 24.9. The number of methoxy groups -OCH3 is 2. The lowest BCUT2D eigenvalue weighted by Gasteiger charge is -2.25. The first-order valence-electron chi connectivity index (χ1n) is 14.0. The van der Waals surface area contributed by atoms with Crippen molar-refractivity contribution in [3.05, 3.63) is 94.5 Å². The highest BCUT2D eigenvalue weighted by Gasteiger charge is 2.38. The van der Waals surface area contributed by atoms with E-state index < -0.39 is 10.0 Å². The number of carbonyl (C=O) groups excluding carboxylic acids is 1. The van der Waals surface area contributed by atoms with E-state index in [1.54, 1.807) is 41.6 Å². The average molecular weight is 579 g/mol. The molecule has 0 aromatic heterocycles. The molecule has 3 aromatic carbocycles. The second-order valence-corrected chi connectivity index (χ2v) is 12.8. The maximum atomic E-state index is 13.6. The first kappa shape index (κ1) is 29.1. The van der Waals surface area contributed by atoms with E-state index in [1.807, 2.05) is 62.4 Å². The molecule has 2 aliphatic heterocycles. The van der Waals surface area contributed by atoms with Gasteiger partial charge in [-0.1, -0.05) is 42.0 Å². The number of likely N-dealkylation sites (tertiary alicyclic amines) is 1. The maximum absolute atomic E-state index is 13.6. The molecule has 0 saturated carbocycles. The van der Waals surface area contributed by atoms with Crippen molar-refractivity contribution in [2.45, 2.75) is 50.7 Å². The fourth-order valence-corrected chi connectivity index (χ4v) is 7.61. The lowest BCUT2D eigenvalue weighted by molar-refractivity contribution is 0.0339. The third-order valence-electron chi connectivity index (χ3n) is 8.00. The number of aryl methyl sites for hydroxylation is 2. The summed E-state index contributed by atoms with van der Waals surface area (Å²) in [4.78, 5) is 15.1. The Balaban J connectivity index is 1.28. The fraction of sp³-hybridized carbons (Fsp3) is 0.406. The van der Waals surface area contributed by atoms with E-state index in [0.717, 1.165) is 29.5 Å². The van der Waals surface area contributed by atoms with Gasteiger partial charge in [-0.05, 0) is 73.7 Å². The number of hydrogen-bond acceptors (Lipinski definition) is 6. The Bertz CT molecular complexity index is 1510. The van der Waals surface area contributed by atoms with Crippen LogP contribution in [0.3, 0.4) is 0 Å². The average Bonchev–Trinajstić information content (AvgIpc) is 3.62. The van der Waals surface area contributed by atoms with Crippen molar-refractivity contribution in [2.75, 3.05) is 33.9 Å². The molecule has 41 heavy (non-hydrogen) atoms. The Labute approximate surface area is 242 Å². The summed E-state index contributed by atoms with van der Waals surface area (Å²) in [5.41, 5.74) is 4.23. The molecule has 5 rings (SSSR count). The predicted molar refractivity (Wildman–Crippen MR) is 158 cm³/mol. The highest BCUT2D eigenvalue weighted by molar-refractivity contribution is 7.88. The summed E-state index contributed by atoms with van der Waals surface area (Å²) in [7, 11) is -0.363. The number of amides is 1. The van der Waals surface area contributed by atoms with E-state index >= 15 is 0 Å². The summed E-state index contributed by atoms with van der Waals surface area (Å²) in [5, 5.41) is 0. The van der Waals surface area contributed by atoms with Crippen molar-refractivity contribution in [2.24, 2.45) is 0 Å². The second-order valence-electron chi connectivity index (χ2n) is 10.9. The largest absolute Gasteiger partial charge is 0.497 e. The zero-order valence-electron chi connectivity index (χ0n) is 24.1. The van der Waals surface area contributed by atoms with Gasteiger partial charge < -0.3 is 19.1 Å². The molecule has 0 spiro atoms. The molecule has 0 bridgehead atoms. The molecule has 9 heteroatoms. The number of ether oxygens (including phenoxy) is 3. The number of rotatable bonds is 9. The van der Waals surface area contributed by atoms with Gasteiger partial charge in [0.15, 0.2) is 0 Å². The minimum Gasteiger partial charge on any atom is -0.497 e. The number of nitrogens with zero attached hydrogens (tertiary/aromatic N) is 2. The maximum Gasteiger partial charge on any atom is 0.254 e. The van der Waals surface area contributed by atoms with Crippen LogP contribution in [0.2, 0.25) is 0 Å². The van der Waals surface area contributed by atoms with Crippen molar-refractivity contribution in [1.29, 1.82) is 0 Å². The summed E-state index contributed by atoms with van der Waals surface area (Å²) in [5.74, 6) is 1.10. The molecule has 2 fully saturated rings. The van der Waals surface area contributed by atoms with Crippen molar-refractivity contribution in [3.63, 3.8) is 0 Å². The van der Waals surface area contributed by atoms with Gasteiger partial charge in [-0.2, -0.15) is 4.31 Å². The van der Waals surface area contributed by atoms with Crippen LogP contribution in [0.1, 0.15) is 51.5 Å². The van der Waals surface area contributed by atoms with Crippen LogP contribution < -0.4 is 9.47 Å². The summed E-state index contributed by atoms with van der Waals surface area (Å²) in [6, 6.07) is 20.5. The van der Waals surface area contributed by atoms with Gasteiger partial charge in [0.1, 0.15) is 23.7 Å². The lowest BCUT2D eigenvalue weighted by Crippen LogP contribution is -2.32. The van der Waals surface area contributed by atoms with E-state index in [2.05, 4.69) is 0 Å². The topological polar surface area (TPSA) is 85.4 Å². The van der Waals surface area contributed by atoms with Crippen molar-refractivity contribution in [3.8, 4) is 11.5 Å². The molecule has 1 unspecified atom stereocenters. The van der Waals surface area contributed by atoms with E-state index in [4.69, 9.17) is 14.2 Å². The van der Waals surface area contributed by atoms with Crippen LogP contribution in [0.4, 0.5) is 0 Å². The van der Waals surface area contributed by atoms with Gasteiger partial charge in [0, 0.05) is 25.3 Å². The van der Waals surface area contributed by atoms with E-state index in [9.17, 15) is 13.2 Å². The van der Waals surface area contributed by atoms with Crippen LogP contribution in [0, 0.1) is 13.8 Å². The SMILES string of the molecule is COc1cccc(C2CCCN2S(=O)(=O)Cc2cccc(O[C@@H]3CN(C(=O)c4cc(C)ccc4C)C[C@H]3OC)c2)c1. The minimum atomic E-state index is -3.59. The molecule has 2 saturated heterocycles. The molecule has 3 aromatic rings. The Morgan fingerprint density at radius 1 is 0.927 bits per heavy atom. The number of hydrogen-bond donors (Lipinski definition) is 0. The third-order valence-corrected chi connectivity index (χ3v) is 9.85. The van der Waals surface area contributed by atoms with Gasteiger partial charge in [-0.25, -0.2) is 8.42 Å². The van der Waals surface area contributed by atoms with Gasteiger partial charge in [0.2, 0.25) is 10.0 Å². The summed E-state index contributed by atoms with van der Waals surface area (Å²) in [6.07, 6.45) is 0.899. The van der Waals surface area contributed by atoms with E-state index in [-0.39, 0.29) is 29.9 Å². The molecule has 0 aliphatic carbocycles. The Hall–Kier alpha value is -3.40. The first-order chi connectivity index (χ1) is 19.7. The van der Waals surface area contributed by atoms with Crippen molar-refractivity contribution >= 4 is 15.9 Å². The molecule has 218 valence electrons. The second kappa shape index (κ2) is 12.2. The van der Waals surface area contributed by atoms with Crippen LogP contribution in [0.25, 0.3) is 0 Å². The predicted octanol–water partition coefficient (Wildman–Crippen LogP) is 4.90. The summed E-state index contributed by atoms with van der Waals surface area (Å²) < 4.78 is 46.1. The fourth-order valence-electron chi connectivity index (χ4n) is 5.82. The molecule has 2 aliphatic rings. The van der Waals surface area contributed by atoms with Gasteiger partial charge in [0.05, 0.1) is 26.0 Å². The third kappa shape index (κ3) is 6.42. The number of benzene rings is 3. The number of carbonyl (C=O) groups is 1. The minimum absolute atomic E-state index is 0.0459. The van der Waals surface area contributed by atoms with Crippen LogP contribution in [-0.4, -0.2) is 69.6 Å². The molecule has 3 atom stereocenters. The smallest absolute Gasteiger partial charge is 0.254 e. The number of sulfonamides is 1. The van der Waals surface area contributed by atoms with E-state index in [0.29, 0.717) is 42.3 Å². The van der Waals surface area contributed by atoms with Crippen molar-refractivity contribution < 1.29 is 27.4 Å². The molecule has 2 heterocycles. The highest BCUT2D eigenvalue weighted by atomic mass is 32.2. The van der Waals surface area contributed by atoms with Crippen LogP contribution in [-0.2, 0) is 20.5 Å². The van der Waals surface area contributed by atoms with Crippen LogP contribution in [0.15, 0.2) is 66.7 Å². The van der Waals surface area contributed by atoms with Gasteiger partial charge in [-0.15, -0.1) is 0 Å². The van der Waals surface area contributed by atoms with Gasteiger partial charge in [0.25, 0.3) is 5.91 Å². The normalized spacial score (nSPS) is 21.3. The first-order valence-corrected chi connectivity index (χ1v) is 15.6. The molecule has 8 nitrogen and oxygen atoms in total. The zero-order chi connectivity index (χ0) is 29.1. The van der Waals surface area contributed by atoms with Crippen LogP contribution >= 0.6 is 0 Å². The van der Waals surface area contributed by atoms with Gasteiger partial charge >= 0.3 is 0 Å². The molecule has 0 radical (unpaired) electrons. The Morgan fingerprint density at radius 3 is 2.46 bits per heavy atom. The molecule has 1 amide bonds. The van der Waals surface area contributed by atoms with Crippen LogP contribution in [0.5, 0.6) is 11.5 Å². The lowest BCUT2D eigenvalue weighted by atomic mass is 10.0. The standard InChI is InChI=1S/C32H38N2O6S/c1-22-13-14-23(2)28(16-22)32(35)33-19-30(39-4)31(20-33)40-27-11-5-8-24(17-27)21-41(36,37)34-15-7-12-29(34)25-9-6-10-26(18-25)38-3/h5-6,8-11,13-14,16-18,29-31H,7,12,15,19-21H2,1-4H3/t29?,30-,31-/m1/s1. The molecular formula is C32H38N2O6S. The Kier molecular flexibility index (Phi) is 8.68. The monoisotopic (exact) mass is 578 g/mol.